The summed E-state index contributed by atoms with van der Waals surface area (Å²) in [6, 6.07) is 12.7. The molecule has 0 radical (unpaired) electrons. The molecule has 0 aliphatic carbocycles. The molecule has 0 saturated carbocycles. The van der Waals surface area contributed by atoms with Crippen LogP contribution in [0.2, 0.25) is 0 Å². The molecule has 148 valence electrons. The van der Waals surface area contributed by atoms with E-state index in [-0.39, 0.29) is 12.5 Å². The zero-order valence-corrected chi connectivity index (χ0v) is 16.7. The SMILES string of the molecule is CSc1cccc(NC(=O)CN2N=N[C@H]3C(=O)N(c4ccc(C)cc4)C(=O)[C@@H]32)c1. The number of hydrogen-bond donors (Lipinski definition) is 1. The molecule has 8 nitrogen and oxygen atoms in total. The number of nitrogens with one attached hydrogen (secondary N) is 1. The van der Waals surface area contributed by atoms with Gasteiger partial charge < -0.3 is 5.32 Å². The molecular formula is C20H19N5O3S. The highest BCUT2D eigenvalue weighted by atomic mass is 32.2. The number of benzene rings is 2. The first kappa shape index (κ1) is 19.1. The Balaban J connectivity index is 1.47. The molecule has 2 atom stereocenters. The average Bonchev–Trinajstić information content (AvgIpc) is 3.23. The summed E-state index contributed by atoms with van der Waals surface area (Å²) in [5.74, 6) is -1.19. The van der Waals surface area contributed by atoms with E-state index in [1.807, 2.05) is 43.5 Å². The lowest BCUT2D eigenvalue weighted by atomic mass is 10.1. The van der Waals surface area contributed by atoms with E-state index in [4.69, 9.17) is 0 Å². The Morgan fingerprint density at radius 1 is 1.14 bits per heavy atom. The minimum atomic E-state index is -0.920. The van der Waals surface area contributed by atoms with Crippen LogP contribution in [-0.4, -0.2) is 47.6 Å². The van der Waals surface area contributed by atoms with Gasteiger partial charge in [-0.05, 0) is 43.5 Å². The maximum Gasteiger partial charge on any atom is 0.263 e. The summed E-state index contributed by atoms with van der Waals surface area (Å²) in [5.41, 5.74) is 2.18. The van der Waals surface area contributed by atoms with Crippen molar-refractivity contribution in [2.75, 3.05) is 23.0 Å². The molecule has 2 heterocycles. The van der Waals surface area contributed by atoms with E-state index < -0.39 is 23.9 Å². The molecule has 1 N–H and O–H groups in total. The van der Waals surface area contributed by atoms with Crippen LogP contribution in [0, 0.1) is 6.92 Å². The zero-order valence-electron chi connectivity index (χ0n) is 15.9. The van der Waals surface area contributed by atoms with E-state index >= 15 is 0 Å². The van der Waals surface area contributed by atoms with Gasteiger partial charge in [-0.3, -0.25) is 19.4 Å². The third-order valence-corrected chi connectivity index (χ3v) is 5.53. The number of anilines is 2. The summed E-state index contributed by atoms with van der Waals surface area (Å²) < 4.78 is 0. The monoisotopic (exact) mass is 409 g/mol. The molecule has 1 fully saturated rings. The first-order valence-electron chi connectivity index (χ1n) is 9.04. The van der Waals surface area contributed by atoms with E-state index in [0.29, 0.717) is 11.4 Å². The molecule has 2 aliphatic rings. The van der Waals surface area contributed by atoms with Gasteiger partial charge in [0.25, 0.3) is 11.8 Å². The molecule has 0 bridgehead atoms. The van der Waals surface area contributed by atoms with Gasteiger partial charge in [-0.25, -0.2) is 4.90 Å². The lowest BCUT2D eigenvalue weighted by Gasteiger charge is -2.20. The highest BCUT2D eigenvalue weighted by molar-refractivity contribution is 7.98. The fraction of sp³-hybridized carbons (Fsp3) is 0.250. The van der Waals surface area contributed by atoms with Gasteiger partial charge in [-0.2, -0.15) is 5.11 Å². The van der Waals surface area contributed by atoms with E-state index in [1.54, 1.807) is 30.0 Å². The Labute approximate surface area is 171 Å². The number of hydrogen-bond acceptors (Lipinski definition) is 7. The van der Waals surface area contributed by atoms with Crippen LogP contribution in [0.4, 0.5) is 11.4 Å². The Hall–Kier alpha value is -3.20. The number of thioether (sulfide) groups is 1. The minimum absolute atomic E-state index is 0.172. The lowest BCUT2D eigenvalue weighted by Crippen LogP contribution is -2.43. The molecular weight excluding hydrogens is 390 g/mol. The molecule has 9 heteroatoms. The summed E-state index contributed by atoms with van der Waals surface area (Å²) >= 11 is 1.57. The number of imide groups is 1. The van der Waals surface area contributed by atoms with Gasteiger partial charge in [0.1, 0.15) is 6.54 Å². The quantitative estimate of drug-likeness (QED) is 0.605. The minimum Gasteiger partial charge on any atom is -0.324 e. The molecule has 29 heavy (non-hydrogen) atoms. The highest BCUT2D eigenvalue weighted by Gasteiger charge is 2.55. The van der Waals surface area contributed by atoms with E-state index in [2.05, 4.69) is 15.7 Å². The average molecular weight is 409 g/mol. The van der Waals surface area contributed by atoms with Crippen LogP contribution in [0.3, 0.4) is 0 Å². The predicted molar refractivity (Wildman–Crippen MR) is 110 cm³/mol. The van der Waals surface area contributed by atoms with Crippen LogP contribution in [0.1, 0.15) is 5.56 Å². The van der Waals surface area contributed by atoms with Gasteiger partial charge in [0.2, 0.25) is 5.91 Å². The van der Waals surface area contributed by atoms with Crippen molar-refractivity contribution in [3.63, 3.8) is 0 Å². The summed E-state index contributed by atoms with van der Waals surface area (Å²) in [6.07, 6.45) is 1.95. The number of fused-ring (bicyclic) bond motifs is 1. The molecule has 0 spiro atoms. The Kier molecular flexibility index (Phi) is 5.06. The largest absolute Gasteiger partial charge is 0.324 e. The Bertz CT molecular complexity index is 1010. The number of carbonyl (C=O) groups is 3. The fourth-order valence-corrected chi connectivity index (χ4v) is 3.81. The Morgan fingerprint density at radius 2 is 1.90 bits per heavy atom. The van der Waals surface area contributed by atoms with Gasteiger partial charge in [-0.1, -0.05) is 29.0 Å². The summed E-state index contributed by atoms with van der Waals surface area (Å²) in [5, 5.41) is 11.9. The molecule has 2 aliphatic heterocycles. The van der Waals surface area contributed by atoms with Crippen LogP contribution < -0.4 is 10.2 Å². The van der Waals surface area contributed by atoms with Crippen molar-refractivity contribution in [3.8, 4) is 0 Å². The molecule has 0 unspecified atom stereocenters. The second kappa shape index (κ2) is 7.67. The van der Waals surface area contributed by atoms with Crippen molar-refractivity contribution in [1.82, 2.24) is 5.01 Å². The van der Waals surface area contributed by atoms with Crippen molar-refractivity contribution in [2.24, 2.45) is 10.3 Å². The van der Waals surface area contributed by atoms with E-state index in [9.17, 15) is 14.4 Å². The second-order valence-electron chi connectivity index (χ2n) is 6.82. The van der Waals surface area contributed by atoms with Crippen molar-refractivity contribution >= 4 is 40.9 Å². The normalized spacial score (nSPS) is 20.3. The van der Waals surface area contributed by atoms with Crippen LogP contribution in [0.5, 0.6) is 0 Å². The summed E-state index contributed by atoms with van der Waals surface area (Å²) in [7, 11) is 0. The van der Waals surface area contributed by atoms with Gasteiger partial charge in [0, 0.05) is 10.6 Å². The van der Waals surface area contributed by atoms with Crippen LogP contribution >= 0.6 is 11.8 Å². The highest BCUT2D eigenvalue weighted by Crippen LogP contribution is 2.31. The standard InChI is InChI=1S/C20H19N5O3S/c1-12-6-8-14(9-7-12)25-19(27)17-18(20(25)28)24(23-22-17)11-16(26)21-13-4-3-5-15(10-13)29-2/h3-10,17-18H,11H2,1-2H3,(H,21,26)/t17-,18-/m1/s1. The van der Waals surface area contributed by atoms with Crippen molar-refractivity contribution in [3.05, 3.63) is 54.1 Å². The number of amides is 3. The molecule has 3 amide bonds. The number of nitrogens with zero attached hydrogens (tertiary/aromatic N) is 4. The van der Waals surface area contributed by atoms with Crippen LogP contribution in [-0.2, 0) is 14.4 Å². The van der Waals surface area contributed by atoms with E-state index in [0.717, 1.165) is 15.4 Å². The first-order valence-corrected chi connectivity index (χ1v) is 10.3. The molecule has 2 aromatic rings. The van der Waals surface area contributed by atoms with Gasteiger partial charge in [0.05, 0.1) is 5.69 Å². The number of aryl methyl sites for hydroxylation is 1. The van der Waals surface area contributed by atoms with Gasteiger partial charge in [0.15, 0.2) is 12.1 Å². The summed E-state index contributed by atoms with van der Waals surface area (Å²) in [6.45, 7) is 1.75. The van der Waals surface area contributed by atoms with Crippen LogP contribution in [0.25, 0.3) is 0 Å². The van der Waals surface area contributed by atoms with Crippen molar-refractivity contribution in [2.45, 2.75) is 23.9 Å². The smallest absolute Gasteiger partial charge is 0.263 e. The van der Waals surface area contributed by atoms with Gasteiger partial charge >= 0.3 is 0 Å². The lowest BCUT2D eigenvalue weighted by molar-refractivity contribution is -0.123. The number of rotatable bonds is 5. The maximum absolute atomic E-state index is 12.9. The third-order valence-electron chi connectivity index (χ3n) is 4.81. The second-order valence-corrected chi connectivity index (χ2v) is 7.70. The molecule has 4 rings (SSSR count). The Morgan fingerprint density at radius 3 is 2.62 bits per heavy atom. The summed E-state index contributed by atoms with van der Waals surface area (Å²) in [4.78, 5) is 40.2. The van der Waals surface area contributed by atoms with Crippen molar-refractivity contribution in [1.29, 1.82) is 0 Å². The third kappa shape index (κ3) is 3.61. The molecule has 2 aromatic carbocycles. The molecule has 0 aromatic heterocycles. The maximum atomic E-state index is 12.9. The van der Waals surface area contributed by atoms with E-state index in [1.165, 1.54) is 5.01 Å². The number of carbonyl (C=O) groups excluding carboxylic acids is 3. The van der Waals surface area contributed by atoms with Crippen molar-refractivity contribution < 1.29 is 14.4 Å². The first-order chi connectivity index (χ1) is 14.0. The molecule has 1 saturated heterocycles. The zero-order chi connectivity index (χ0) is 20.5. The fourth-order valence-electron chi connectivity index (χ4n) is 3.35. The predicted octanol–water partition coefficient (Wildman–Crippen LogP) is 2.65. The topological polar surface area (TPSA) is 94.4 Å². The van der Waals surface area contributed by atoms with Crippen LogP contribution in [0.15, 0.2) is 63.8 Å². The van der Waals surface area contributed by atoms with Gasteiger partial charge in [-0.15, -0.1) is 11.8 Å².